The Morgan fingerprint density at radius 3 is 2.00 bits per heavy atom. The lowest BCUT2D eigenvalue weighted by Gasteiger charge is -2.12. The molecule has 2 heteroatoms. The molecule has 0 saturated carbocycles. The van der Waals surface area contributed by atoms with Gasteiger partial charge in [0, 0.05) is 12.7 Å². The summed E-state index contributed by atoms with van der Waals surface area (Å²) in [5.74, 6) is 1.70. The summed E-state index contributed by atoms with van der Waals surface area (Å²) in [6.45, 7) is 4.27. The van der Waals surface area contributed by atoms with E-state index in [9.17, 15) is 0 Å². The molecule has 0 radical (unpaired) electrons. The molecule has 0 saturated heterocycles. The van der Waals surface area contributed by atoms with Crippen LogP contribution >= 0.6 is 0 Å². The molecule has 116 valence electrons. The average molecular weight is 303 g/mol. The Bertz CT molecular complexity index is 806. The minimum absolute atomic E-state index is 0.840. The molecule has 23 heavy (non-hydrogen) atoms. The summed E-state index contributed by atoms with van der Waals surface area (Å²) in [5, 5.41) is 3.10. The molecule has 3 rings (SSSR count). The van der Waals surface area contributed by atoms with Crippen molar-refractivity contribution in [2.24, 2.45) is 0 Å². The summed E-state index contributed by atoms with van der Waals surface area (Å²) < 4.78 is 5.95. The van der Waals surface area contributed by atoms with E-state index in [4.69, 9.17) is 4.74 Å². The smallest absolute Gasteiger partial charge is 0.127 e. The van der Waals surface area contributed by atoms with Gasteiger partial charge >= 0.3 is 0 Å². The van der Waals surface area contributed by atoms with Crippen molar-refractivity contribution in [3.8, 4) is 22.6 Å². The molecule has 3 aromatic carbocycles. The first kappa shape index (κ1) is 15.2. The van der Waals surface area contributed by atoms with E-state index >= 15 is 0 Å². The average Bonchev–Trinajstić information content (AvgIpc) is 2.57. The second kappa shape index (κ2) is 6.57. The van der Waals surface area contributed by atoms with E-state index in [0.29, 0.717) is 0 Å². The largest absolute Gasteiger partial charge is 0.457 e. The maximum Gasteiger partial charge on any atom is 0.127 e. The van der Waals surface area contributed by atoms with Gasteiger partial charge in [0.1, 0.15) is 11.5 Å². The highest BCUT2D eigenvalue weighted by Crippen LogP contribution is 2.31. The predicted octanol–water partition coefficient (Wildman–Crippen LogP) is 5.80. The van der Waals surface area contributed by atoms with Gasteiger partial charge < -0.3 is 10.1 Å². The normalized spacial score (nSPS) is 10.4. The summed E-state index contributed by atoms with van der Waals surface area (Å²) in [4.78, 5) is 0. The van der Waals surface area contributed by atoms with Gasteiger partial charge in [0.15, 0.2) is 0 Å². The van der Waals surface area contributed by atoms with Gasteiger partial charge in [0.05, 0.1) is 0 Å². The van der Waals surface area contributed by atoms with Crippen LogP contribution in [0, 0.1) is 13.8 Å². The van der Waals surface area contributed by atoms with E-state index in [-0.39, 0.29) is 0 Å². The van der Waals surface area contributed by atoms with Crippen LogP contribution in [0.15, 0.2) is 66.7 Å². The number of anilines is 1. The van der Waals surface area contributed by atoms with Crippen molar-refractivity contribution in [2.45, 2.75) is 13.8 Å². The van der Waals surface area contributed by atoms with E-state index in [1.54, 1.807) is 0 Å². The monoisotopic (exact) mass is 303 g/mol. The zero-order valence-electron chi connectivity index (χ0n) is 13.8. The van der Waals surface area contributed by atoms with Crippen LogP contribution in [-0.4, -0.2) is 7.05 Å². The van der Waals surface area contributed by atoms with Gasteiger partial charge in [-0.05, 0) is 72.5 Å². The number of hydrogen-bond donors (Lipinski definition) is 1. The number of aryl methyl sites for hydroxylation is 2. The lowest BCUT2D eigenvalue weighted by atomic mass is 9.96. The molecule has 0 aromatic heterocycles. The van der Waals surface area contributed by atoms with E-state index < -0.39 is 0 Å². The maximum absolute atomic E-state index is 5.95. The molecule has 0 unspecified atom stereocenters. The quantitative estimate of drug-likeness (QED) is 0.657. The van der Waals surface area contributed by atoms with Crippen molar-refractivity contribution in [3.63, 3.8) is 0 Å². The molecular weight excluding hydrogens is 282 g/mol. The topological polar surface area (TPSA) is 21.3 Å². The van der Waals surface area contributed by atoms with Gasteiger partial charge in [-0.3, -0.25) is 0 Å². The first-order chi connectivity index (χ1) is 11.2. The molecule has 0 heterocycles. The zero-order chi connectivity index (χ0) is 16.2. The minimum Gasteiger partial charge on any atom is -0.457 e. The summed E-state index contributed by atoms with van der Waals surface area (Å²) in [6, 6.07) is 22.7. The molecule has 0 fully saturated rings. The van der Waals surface area contributed by atoms with Crippen LogP contribution in [0.4, 0.5) is 5.69 Å². The lowest BCUT2D eigenvalue weighted by Crippen LogP contribution is -1.90. The maximum atomic E-state index is 5.95. The summed E-state index contributed by atoms with van der Waals surface area (Å²) in [7, 11) is 1.91. The molecule has 0 aliphatic carbocycles. The van der Waals surface area contributed by atoms with E-state index in [2.05, 4.69) is 55.6 Å². The Kier molecular flexibility index (Phi) is 4.33. The van der Waals surface area contributed by atoms with Gasteiger partial charge in [-0.1, -0.05) is 30.3 Å². The highest BCUT2D eigenvalue weighted by atomic mass is 16.5. The second-order valence-corrected chi connectivity index (χ2v) is 5.67. The van der Waals surface area contributed by atoms with Gasteiger partial charge in [-0.15, -0.1) is 0 Å². The first-order valence-electron chi connectivity index (χ1n) is 7.79. The Morgan fingerprint density at radius 2 is 1.35 bits per heavy atom. The van der Waals surface area contributed by atoms with E-state index in [0.717, 1.165) is 17.2 Å². The summed E-state index contributed by atoms with van der Waals surface area (Å²) in [6.07, 6.45) is 0. The fourth-order valence-electron chi connectivity index (χ4n) is 2.70. The molecule has 0 aliphatic heterocycles. The molecule has 3 aromatic rings. The van der Waals surface area contributed by atoms with Crippen LogP contribution < -0.4 is 10.1 Å². The molecule has 2 nitrogen and oxygen atoms in total. The van der Waals surface area contributed by atoms with E-state index in [1.807, 2.05) is 37.4 Å². The van der Waals surface area contributed by atoms with Crippen molar-refractivity contribution >= 4 is 5.69 Å². The van der Waals surface area contributed by atoms with Crippen molar-refractivity contribution in [3.05, 3.63) is 77.9 Å². The fraction of sp³-hybridized carbons (Fsp3) is 0.143. The third-order valence-electron chi connectivity index (χ3n) is 4.01. The molecular formula is C21H21NO. The van der Waals surface area contributed by atoms with Gasteiger partial charge in [-0.2, -0.15) is 0 Å². The van der Waals surface area contributed by atoms with Gasteiger partial charge in [0.2, 0.25) is 0 Å². The number of hydrogen-bond acceptors (Lipinski definition) is 2. The SMILES string of the molecule is CNc1ccc(Oc2ccc(-c3ccccc3C)c(C)c2)cc1. The van der Waals surface area contributed by atoms with Crippen molar-refractivity contribution < 1.29 is 4.74 Å². The van der Waals surface area contributed by atoms with Crippen LogP contribution in [0.2, 0.25) is 0 Å². The van der Waals surface area contributed by atoms with Gasteiger partial charge in [0.25, 0.3) is 0 Å². The first-order valence-corrected chi connectivity index (χ1v) is 7.79. The third kappa shape index (κ3) is 3.37. The van der Waals surface area contributed by atoms with Crippen LogP contribution in [0.3, 0.4) is 0 Å². The van der Waals surface area contributed by atoms with Crippen LogP contribution in [-0.2, 0) is 0 Å². The standard InChI is InChI=1S/C21H21NO/c1-15-6-4-5-7-20(15)21-13-12-19(14-16(21)2)23-18-10-8-17(22-3)9-11-18/h4-14,22H,1-3H3. The highest BCUT2D eigenvalue weighted by Gasteiger charge is 2.06. The van der Waals surface area contributed by atoms with Gasteiger partial charge in [-0.25, -0.2) is 0 Å². The number of rotatable bonds is 4. The highest BCUT2D eigenvalue weighted by molar-refractivity contribution is 5.71. The minimum atomic E-state index is 0.840. The molecule has 0 aliphatic rings. The number of benzene rings is 3. The van der Waals surface area contributed by atoms with Crippen LogP contribution in [0.1, 0.15) is 11.1 Å². The molecule has 1 N–H and O–H groups in total. The molecule has 0 spiro atoms. The fourth-order valence-corrected chi connectivity index (χ4v) is 2.70. The zero-order valence-corrected chi connectivity index (χ0v) is 13.8. The Labute approximate surface area is 137 Å². The second-order valence-electron chi connectivity index (χ2n) is 5.67. The molecule has 0 atom stereocenters. The lowest BCUT2D eigenvalue weighted by molar-refractivity contribution is 0.482. The van der Waals surface area contributed by atoms with Crippen LogP contribution in [0.5, 0.6) is 11.5 Å². The number of ether oxygens (including phenoxy) is 1. The Morgan fingerprint density at radius 1 is 0.696 bits per heavy atom. The number of nitrogens with one attached hydrogen (secondary N) is 1. The van der Waals surface area contributed by atoms with Crippen molar-refractivity contribution in [2.75, 3.05) is 12.4 Å². The third-order valence-corrected chi connectivity index (χ3v) is 4.01. The Hall–Kier alpha value is -2.74. The van der Waals surface area contributed by atoms with Crippen molar-refractivity contribution in [1.82, 2.24) is 0 Å². The van der Waals surface area contributed by atoms with E-state index in [1.165, 1.54) is 22.3 Å². The van der Waals surface area contributed by atoms with Crippen LogP contribution in [0.25, 0.3) is 11.1 Å². The summed E-state index contributed by atoms with van der Waals surface area (Å²) >= 11 is 0. The summed E-state index contributed by atoms with van der Waals surface area (Å²) in [5.41, 5.74) is 6.09. The molecule has 0 amide bonds. The van der Waals surface area contributed by atoms with Crippen molar-refractivity contribution in [1.29, 1.82) is 0 Å². The Balaban J connectivity index is 1.85. The predicted molar refractivity (Wildman–Crippen MR) is 97.4 cm³/mol. The molecule has 0 bridgehead atoms.